The van der Waals surface area contributed by atoms with Crippen LogP contribution in [0.1, 0.15) is 37.8 Å². The predicted octanol–water partition coefficient (Wildman–Crippen LogP) is 5.97. The first-order valence-corrected chi connectivity index (χ1v) is 16.1. The van der Waals surface area contributed by atoms with Crippen LogP contribution in [0.5, 0.6) is 5.88 Å². The van der Waals surface area contributed by atoms with Crippen LogP contribution in [0, 0.1) is 11.2 Å². The molecule has 0 radical (unpaired) electrons. The molecule has 0 aliphatic carbocycles. The van der Waals surface area contributed by atoms with Crippen molar-refractivity contribution >= 4 is 46.6 Å². The van der Waals surface area contributed by atoms with Crippen molar-refractivity contribution in [2.45, 2.75) is 45.8 Å². The molecule has 4 aromatic rings. The molecular weight excluding hydrogens is 660 g/mol. The fourth-order valence-electron chi connectivity index (χ4n) is 5.20. The number of carboxylic acid groups (broad SMARTS) is 1. The van der Waals surface area contributed by atoms with Crippen molar-refractivity contribution in [1.82, 2.24) is 30.9 Å². The summed E-state index contributed by atoms with van der Waals surface area (Å²) in [7, 11) is 1.55. The number of hydrogen-bond acceptors (Lipinski definition) is 9. The molecule has 1 aliphatic rings. The second kappa shape index (κ2) is 15.2. The molecule has 0 unspecified atom stereocenters. The minimum absolute atomic E-state index is 0.0440. The first-order valence-electron chi connectivity index (χ1n) is 15.3. The van der Waals surface area contributed by atoms with Crippen LogP contribution in [0.4, 0.5) is 15.9 Å². The van der Waals surface area contributed by atoms with Crippen molar-refractivity contribution in [3.8, 4) is 28.4 Å². The summed E-state index contributed by atoms with van der Waals surface area (Å²) >= 11 is 13.8. The summed E-state index contributed by atoms with van der Waals surface area (Å²) in [5, 5.41) is 22.2. The average Bonchev–Trinajstić information content (AvgIpc) is 3.48. The fraction of sp³-hybridized carbons (Fsp3) is 0.324. The lowest BCUT2D eigenvalue weighted by Gasteiger charge is -2.20. The highest BCUT2D eigenvalue weighted by Crippen LogP contribution is 2.41. The zero-order valence-electron chi connectivity index (χ0n) is 26.7. The number of ether oxygens (including phenoxy) is 1. The zero-order chi connectivity index (χ0) is 34.4. The molecule has 11 nitrogen and oxygen atoms in total. The van der Waals surface area contributed by atoms with Crippen LogP contribution in [0.15, 0.2) is 54.9 Å². The molecule has 0 saturated carbocycles. The van der Waals surface area contributed by atoms with E-state index in [0.717, 1.165) is 12.0 Å². The van der Waals surface area contributed by atoms with Crippen LogP contribution in [0.2, 0.25) is 10.0 Å². The Labute approximate surface area is 287 Å². The fourth-order valence-corrected chi connectivity index (χ4v) is 5.78. The van der Waals surface area contributed by atoms with E-state index in [2.05, 4.69) is 31.2 Å². The summed E-state index contributed by atoms with van der Waals surface area (Å²) in [4.78, 5) is 36.2. The molecule has 1 fully saturated rings. The van der Waals surface area contributed by atoms with Crippen molar-refractivity contribution in [1.29, 1.82) is 0 Å². The Bertz CT molecular complexity index is 1820. The smallest absolute Gasteiger partial charge is 0.310 e. The van der Waals surface area contributed by atoms with E-state index in [1.807, 2.05) is 12.1 Å². The third-order valence-corrected chi connectivity index (χ3v) is 8.82. The van der Waals surface area contributed by atoms with Gasteiger partial charge in [0.15, 0.2) is 11.6 Å². The largest absolute Gasteiger partial charge is 0.481 e. The summed E-state index contributed by atoms with van der Waals surface area (Å²) in [5.74, 6) is -1.08. The highest BCUT2D eigenvalue weighted by atomic mass is 35.5. The molecule has 1 atom stereocenters. The number of carboxylic acids is 1. The topological polar surface area (TPSA) is 150 Å². The van der Waals surface area contributed by atoms with Gasteiger partial charge in [-0.1, -0.05) is 41.4 Å². The monoisotopic (exact) mass is 695 g/mol. The van der Waals surface area contributed by atoms with Gasteiger partial charge in [0.05, 0.1) is 39.6 Å². The second-order valence-corrected chi connectivity index (χ2v) is 12.8. The minimum Gasteiger partial charge on any atom is -0.481 e. The molecule has 1 amide bonds. The number of anilines is 2. The Morgan fingerprint density at radius 1 is 1.04 bits per heavy atom. The van der Waals surface area contributed by atoms with E-state index in [0.29, 0.717) is 64.2 Å². The lowest BCUT2D eigenvalue weighted by atomic mass is 9.94. The number of nitrogens with zero attached hydrogens (tertiary/aromatic N) is 3. The van der Waals surface area contributed by atoms with Gasteiger partial charge in [-0.25, -0.2) is 14.4 Å². The van der Waals surface area contributed by atoms with Gasteiger partial charge in [0.2, 0.25) is 11.8 Å². The molecular formula is C34H36Cl2FN7O4. The third-order valence-electron chi connectivity index (χ3n) is 8.03. The van der Waals surface area contributed by atoms with Crippen molar-refractivity contribution in [3.05, 3.63) is 81.8 Å². The van der Waals surface area contributed by atoms with Gasteiger partial charge < -0.3 is 31.1 Å². The zero-order valence-corrected chi connectivity index (χ0v) is 28.2. The van der Waals surface area contributed by atoms with Crippen LogP contribution >= 0.6 is 23.2 Å². The number of aliphatic carboxylic acids is 1. The molecule has 5 rings (SSSR count). The van der Waals surface area contributed by atoms with Gasteiger partial charge in [-0.15, -0.1) is 0 Å². The number of halogens is 3. The van der Waals surface area contributed by atoms with E-state index in [1.165, 1.54) is 12.3 Å². The lowest BCUT2D eigenvalue weighted by molar-refractivity contribution is -0.146. The normalized spacial score (nSPS) is 14.5. The average molecular weight is 697 g/mol. The van der Waals surface area contributed by atoms with Crippen molar-refractivity contribution in [3.63, 3.8) is 0 Å². The van der Waals surface area contributed by atoms with Gasteiger partial charge in [-0.3, -0.25) is 14.6 Å². The molecule has 1 saturated heterocycles. The standard InChI is InChI=1S/C34H36Cl2FN7O4/c1-34(2,33(46)47)18-39-15-19-11-13-41-31(29(19)37)43-25-6-4-5-23(27(25)35)30-28(36)22(12-14-40-30)24-9-7-20(32(44-24)48-3)16-38-17-21-8-10-26(45)42-21/h4-7,9,11-14,21,38-39H,8,10,15-18H2,1-3H3,(H,41,43)(H,42,45)(H,46,47)/t21-/m1/s1. The van der Waals surface area contributed by atoms with Crippen molar-refractivity contribution in [2.75, 3.05) is 25.5 Å². The molecule has 3 aromatic heterocycles. The number of amides is 1. The molecule has 48 heavy (non-hydrogen) atoms. The SMILES string of the molecule is COc1nc(-c2ccnc(-c3cccc(Nc4nccc(CNCC(C)(C)C(=O)O)c4F)c3Cl)c2Cl)ccc1CNC[C@H]1CCC(=O)N1. The molecule has 14 heteroatoms. The number of rotatable bonds is 14. The summed E-state index contributed by atoms with van der Waals surface area (Å²) in [5.41, 5.74) is 2.63. The maximum absolute atomic E-state index is 15.4. The van der Waals surface area contributed by atoms with Crippen LogP contribution in [-0.2, 0) is 22.7 Å². The third kappa shape index (κ3) is 8.01. The van der Waals surface area contributed by atoms with Crippen molar-refractivity contribution < 1.29 is 23.8 Å². The number of pyridine rings is 3. The number of carbonyl (C=O) groups excluding carboxylic acids is 1. The second-order valence-electron chi connectivity index (χ2n) is 12.0. The number of benzene rings is 1. The molecule has 252 valence electrons. The highest BCUT2D eigenvalue weighted by Gasteiger charge is 2.27. The Hall–Kier alpha value is -4.36. The maximum atomic E-state index is 15.4. The minimum atomic E-state index is -1.01. The summed E-state index contributed by atoms with van der Waals surface area (Å²) < 4.78 is 21.0. The first kappa shape index (κ1) is 35.0. The van der Waals surface area contributed by atoms with E-state index in [-0.39, 0.29) is 35.9 Å². The van der Waals surface area contributed by atoms with Crippen LogP contribution in [-0.4, -0.2) is 58.2 Å². The maximum Gasteiger partial charge on any atom is 0.310 e. The first-order chi connectivity index (χ1) is 23.0. The summed E-state index contributed by atoms with van der Waals surface area (Å²) in [6, 6.07) is 12.3. The molecule has 0 spiro atoms. The van der Waals surface area contributed by atoms with E-state index < -0.39 is 17.2 Å². The number of hydrogen-bond donors (Lipinski definition) is 5. The quantitative estimate of drug-likeness (QED) is 0.107. The van der Waals surface area contributed by atoms with Gasteiger partial charge in [-0.05, 0) is 44.5 Å². The summed E-state index contributed by atoms with van der Waals surface area (Å²) in [6.45, 7) is 4.59. The molecule has 5 N–H and O–H groups in total. The van der Waals surface area contributed by atoms with E-state index in [1.54, 1.807) is 51.4 Å². The number of carbonyl (C=O) groups is 2. The van der Waals surface area contributed by atoms with E-state index >= 15 is 4.39 Å². The molecule has 1 aliphatic heterocycles. The molecule has 4 heterocycles. The van der Waals surface area contributed by atoms with E-state index in [4.69, 9.17) is 32.9 Å². The van der Waals surface area contributed by atoms with Crippen LogP contribution < -0.4 is 26.0 Å². The Kier molecular flexibility index (Phi) is 11.1. The van der Waals surface area contributed by atoms with Gasteiger partial charge in [0.25, 0.3) is 0 Å². The molecule has 1 aromatic carbocycles. The van der Waals surface area contributed by atoms with Gasteiger partial charge >= 0.3 is 5.97 Å². The highest BCUT2D eigenvalue weighted by molar-refractivity contribution is 6.39. The summed E-state index contributed by atoms with van der Waals surface area (Å²) in [6.07, 6.45) is 4.42. The Balaban J connectivity index is 1.34. The number of nitrogens with one attached hydrogen (secondary N) is 4. The van der Waals surface area contributed by atoms with Crippen molar-refractivity contribution in [2.24, 2.45) is 5.41 Å². The number of methoxy groups -OCH3 is 1. The van der Waals surface area contributed by atoms with E-state index in [9.17, 15) is 14.7 Å². The van der Waals surface area contributed by atoms with Crippen LogP contribution in [0.25, 0.3) is 22.5 Å². The Morgan fingerprint density at radius 3 is 2.54 bits per heavy atom. The predicted molar refractivity (Wildman–Crippen MR) is 183 cm³/mol. The van der Waals surface area contributed by atoms with Gasteiger partial charge in [0, 0.05) is 73.3 Å². The Morgan fingerprint density at radius 2 is 1.81 bits per heavy atom. The van der Waals surface area contributed by atoms with Gasteiger partial charge in [0.1, 0.15) is 0 Å². The lowest BCUT2D eigenvalue weighted by Crippen LogP contribution is -2.35. The number of aromatic nitrogens is 3. The van der Waals surface area contributed by atoms with Crippen LogP contribution in [0.3, 0.4) is 0 Å². The molecule has 0 bridgehead atoms. The van der Waals surface area contributed by atoms with Gasteiger partial charge in [-0.2, -0.15) is 0 Å².